The predicted molar refractivity (Wildman–Crippen MR) is 46.9 cm³/mol. The lowest BCUT2D eigenvalue weighted by molar-refractivity contribution is 0.409. The molecule has 0 radical (unpaired) electrons. The Kier molecular flexibility index (Phi) is 1.58. The van der Waals surface area contributed by atoms with Gasteiger partial charge in [-0.15, -0.1) is 0 Å². The summed E-state index contributed by atoms with van der Waals surface area (Å²) < 4.78 is 9.60. The van der Waals surface area contributed by atoms with E-state index in [0.717, 1.165) is 0 Å². The van der Waals surface area contributed by atoms with Crippen LogP contribution in [0, 0.1) is 0 Å². The van der Waals surface area contributed by atoms with Gasteiger partial charge in [0.15, 0.2) is 11.4 Å². The molecule has 0 saturated heterocycles. The van der Waals surface area contributed by atoms with Crippen LogP contribution in [0.25, 0.3) is 11.2 Å². The van der Waals surface area contributed by atoms with E-state index in [1.54, 1.807) is 17.2 Å². The maximum atomic E-state index is 10.8. The van der Waals surface area contributed by atoms with Crippen molar-refractivity contribution in [3.63, 3.8) is 0 Å². The maximum absolute atomic E-state index is 10.8. The number of rotatable bonds is 1. The average Bonchev–Trinajstić information content (AvgIpc) is 2.43. The smallest absolute Gasteiger partial charge is 0.390 e. The first kappa shape index (κ1) is 7.85. The Morgan fingerprint density at radius 3 is 2.85 bits per heavy atom. The van der Waals surface area contributed by atoms with Crippen molar-refractivity contribution >= 4 is 17.0 Å². The summed E-state index contributed by atoms with van der Waals surface area (Å²) in [6, 6.07) is 1.59. The first-order valence-corrected chi connectivity index (χ1v) is 3.74. The van der Waals surface area contributed by atoms with Gasteiger partial charge < -0.3 is 13.7 Å². The Morgan fingerprint density at radius 2 is 2.15 bits per heavy atom. The fraction of sp³-hybridized carbons (Fsp3) is 0.250. The fourth-order valence-corrected chi connectivity index (χ4v) is 1.11. The highest BCUT2D eigenvalue weighted by atomic mass is 16.6. The van der Waals surface area contributed by atoms with Gasteiger partial charge in [0.1, 0.15) is 0 Å². The second-order valence-corrected chi connectivity index (χ2v) is 2.81. The van der Waals surface area contributed by atoms with E-state index in [1.165, 1.54) is 0 Å². The molecular formula is C8H8N2O3. The molecule has 2 aromatic rings. The summed E-state index contributed by atoms with van der Waals surface area (Å²) in [5.41, 5.74) is 0.807. The number of aromatic nitrogens is 1. The van der Waals surface area contributed by atoms with Gasteiger partial charge in [-0.3, -0.25) is 0 Å². The zero-order chi connectivity index (χ0) is 9.42. The van der Waals surface area contributed by atoms with Crippen LogP contribution in [0.1, 0.15) is 0 Å². The first-order valence-electron chi connectivity index (χ1n) is 3.74. The van der Waals surface area contributed by atoms with Crippen molar-refractivity contribution in [3.8, 4) is 0 Å². The lowest BCUT2D eigenvalue weighted by atomic mass is 10.4. The standard InChI is InChI=1S/C8H8N2O3/c1-10(2)7-6-5(3-4-9-7)12-8(11)13-6/h3-4H,1-2H3. The van der Waals surface area contributed by atoms with Gasteiger partial charge in [0.25, 0.3) is 0 Å². The van der Waals surface area contributed by atoms with Gasteiger partial charge in [0, 0.05) is 26.4 Å². The third kappa shape index (κ3) is 1.18. The summed E-state index contributed by atoms with van der Waals surface area (Å²) in [5, 5.41) is 0. The van der Waals surface area contributed by atoms with E-state index in [2.05, 4.69) is 4.98 Å². The Hall–Kier alpha value is -1.78. The Balaban J connectivity index is 2.82. The Bertz CT molecular complexity index is 483. The molecule has 0 spiro atoms. The van der Waals surface area contributed by atoms with E-state index in [9.17, 15) is 4.79 Å². The predicted octanol–water partition coefficient (Wildman–Crippen LogP) is 0.847. The van der Waals surface area contributed by atoms with Crippen LogP contribution in [0.15, 0.2) is 25.9 Å². The van der Waals surface area contributed by atoms with Crippen molar-refractivity contribution < 1.29 is 8.83 Å². The molecule has 5 nitrogen and oxygen atoms in total. The van der Waals surface area contributed by atoms with Gasteiger partial charge in [-0.1, -0.05) is 0 Å². The van der Waals surface area contributed by atoms with Gasteiger partial charge in [0.05, 0.1) is 0 Å². The third-order valence-corrected chi connectivity index (χ3v) is 1.65. The van der Waals surface area contributed by atoms with Gasteiger partial charge in [-0.25, -0.2) is 9.78 Å². The molecule has 0 aromatic carbocycles. The highest BCUT2D eigenvalue weighted by molar-refractivity contribution is 5.81. The first-order chi connectivity index (χ1) is 6.18. The van der Waals surface area contributed by atoms with Crippen LogP contribution in [0.4, 0.5) is 5.82 Å². The van der Waals surface area contributed by atoms with Crippen molar-refractivity contribution in [2.75, 3.05) is 19.0 Å². The van der Waals surface area contributed by atoms with Gasteiger partial charge in [-0.2, -0.15) is 0 Å². The molecule has 5 heteroatoms. The van der Waals surface area contributed by atoms with E-state index in [4.69, 9.17) is 8.83 Å². The van der Waals surface area contributed by atoms with Crippen LogP contribution in [0.5, 0.6) is 0 Å². The average molecular weight is 180 g/mol. The van der Waals surface area contributed by atoms with Crippen molar-refractivity contribution in [1.29, 1.82) is 0 Å². The normalized spacial score (nSPS) is 10.6. The van der Waals surface area contributed by atoms with Crippen LogP contribution in [0.2, 0.25) is 0 Å². The van der Waals surface area contributed by atoms with Crippen LogP contribution in [-0.4, -0.2) is 19.1 Å². The Morgan fingerprint density at radius 1 is 1.38 bits per heavy atom. The lowest BCUT2D eigenvalue weighted by Crippen LogP contribution is -2.10. The maximum Gasteiger partial charge on any atom is 0.519 e. The minimum Gasteiger partial charge on any atom is -0.390 e. The summed E-state index contributed by atoms with van der Waals surface area (Å²) in [5.74, 6) is -0.116. The van der Waals surface area contributed by atoms with Crippen molar-refractivity contribution in [1.82, 2.24) is 4.98 Å². The molecule has 0 N–H and O–H groups in total. The summed E-state index contributed by atoms with van der Waals surface area (Å²) in [7, 11) is 3.63. The minimum absolute atomic E-state index is 0.387. The second-order valence-electron chi connectivity index (χ2n) is 2.81. The fourth-order valence-electron chi connectivity index (χ4n) is 1.11. The monoisotopic (exact) mass is 180 g/mol. The largest absolute Gasteiger partial charge is 0.519 e. The molecular weight excluding hydrogens is 172 g/mol. The highest BCUT2D eigenvalue weighted by Gasteiger charge is 2.10. The number of fused-ring (bicyclic) bond motifs is 1. The molecule has 0 atom stereocenters. The van der Waals surface area contributed by atoms with Crippen LogP contribution in [-0.2, 0) is 0 Å². The molecule has 2 aromatic heterocycles. The Labute approximate surface area is 73.6 Å². The molecule has 0 saturated carbocycles. The molecule has 0 aliphatic heterocycles. The molecule has 0 aliphatic carbocycles. The number of nitrogens with zero attached hydrogens (tertiary/aromatic N) is 2. The third-order valence-electron chi connectivity index (χ3n) is 1.65. The molecule has 0 fully saturated rings. The number of anilines is 1. The molecule has 0 bridgehead atoms. The molecule has 13 heavy (non-hydrogen) atoms. The zero-order valence-corrected chi connectivity index (χ0v) is 7.27. The van der Waals surface area contributed by atoms with Crippen molar-refractivity contribution in [2.45, 2.75) is 0 Å². The van der Waals surface area contributed by atoms with Gasteiger partial charge >= 0.3 is 5.82 Å². The molecule has 0 amide bonds. The minimum atomic E-state index is -0.703. The molecule has 2 heterocycles. The topological polar surface area (TPSA) is 59.5 Å². The van der Waals surface area contributed by atoms with Crippen LogP contribution < -0.4 is 10.7 Å². The van der Waals surface area contributed by atoms with Crippen LogP contribution >= 0.6 is 0 Å². The van der Waals surface area contributed by atoms with Crippen LogP contribution in [0.3, 0.4) is 0 Å². The summed E-state index contributed by atoms with van der Waals surface area (Å²) >= 11 is 0. The van der Waals surface area contributed by atoms with E-state index < -0.39 is 5.82 Å². The second kappa shape index (κ2) is 2.62. The molecule has 68 valence electrons. The SMILES string of the molecule is CN(C)c1nccc2oc(=O)oc12. The summed E-state index contributed by atoms with van der Waals surface area (Å²) in [6.07, 6.45) is 1.57. The highest BCUT2D eigenvalue weighted by Crippen LogP contribution is 2.20. The van der Waals surface area contributed by atoms with Gasteiger partial charge in [-0.05, 0) is 0 Å². The lowest BCUT2D eigenvalue weighted by Gasteiger charge is -2.08. The van der Waals surface area contributed by atoms with Crippen molar-refractivity contribution in [3.05, 3.63) is 22.9 Å². The van der Waals surface area contributed by atoms with E-state index in [0.29, 0.717) is 17.0 Å². The molecule has 0 unspecified atom stereocenters. The zero-order valence-electron chi connectivity index (χ0n) is 7.27. The quantitative estimate of drug-likeness (QED) is 0.651. The number of hydrogen-bond donors (Lipinski definition) is 0. The van der Waals surface area contributed by atoms with Gasteiger partial charge in [0.2, 0.25) is 5.58 Å². The summed E-state index contributed by atoms with van der Waals surface area (Å²) in [6.45, 7) is 0. The molecule has 2 rings (SSSR count). The van der Waals surface area contributed by atoms with E-state index in [-0.39, 0.29) is 0 Å². The van der Waals surface area contributed by atoms with E-state index >= 15 is 0 Å². The van der Waals surface area contributed by atoms with E-state index in [1.807, 2.05) is 14.1 Å². The number of pyridine rings is 1. The number of hydrogen-bond acceptors (Lipinski definition) is 5. The summed E-state index contributed by atoms with van der Waals surface area (Å²) in [4.78, 5) is 16.6. The molecule has 0 aliphatic rings. The van der Waals surface area contributed by atoms with Crippen molar-refractivity contribution in [2.24, 2.45) is 0 Å².